The summed E-state index contributed by atoms with van der Waals surface area (Å²) in [6.45, 7) is 0.958. The van der Waals surface area contributed by atoms with Crippen molar-refractivity contribution >= 4 is 26.7 Å². The second-order valence-electron chi connectivity index (χ2n) is 5.45. The summed E-state index contributed by atoms with van der Waals surface area (Å²) in [6, 6.07) is 9.41. The number of terminal acetylenes is 1. The smallest absolute Gasteiger partial charge is 0.187 e. The van der Waals surface area contributed by atoms with E-state index in [1.165, 1.54) is 36.6 Å². The van der Waals surface area contributed by atoms with E-state index in [2.05, 4.69) is 10.9 Å². The number of nitrogens with zero attached hydrogens (tertiary/aromatic N) is 2. The van der Waals surface area contributed by atoms with E-state index < -0.39 is 0 Å². The van der Waals surface area contributed by atoms with Gasteiger partial charge in [0.05, 0.1) is 23.9 Å². The van der Waals surface area contributed by atoms with E-state index in [4.69, 9.17) is 11.2 Å². The van der Waals surface area contributed by atoms with E-state index in [1.54, 1.807) is 12.1 Å². The highest BCUT2D eigenvalue weighted by Gasteiger charge is 2.13. The molecule has 3 nitrogen and oxygen atoms in total. The highest BCUT2D eigenvalue weighted by Crippen LogP contribution is 2.29. The van der Waals surface area contributed by atoms with E-state index in [0.717, 1.165) is 15.4 Å². The van der Waals surface area contributed by atoms with Gasteiger partial charge in [0.1, 0.15) is 5.82 Å². The van der Waals surface area contributed by atoms with Gasteiger partial charge in [-0.3, -0.25) is 0 Å². The van der Waals surface area contributed by atoms with E-state index >= 15 is 0 Å². The molecule has 25 heavy (non-hydrogen) atoms. The number of hydrogen-bond acceptors (Lipinski definition) is 4. The van der Waals surface area contributed by atoms with Crippen LogP contribution in [0.1, 0.15) is 5.56 Å². The van der Waals surface area contributed by atoms with Gasteiger partial charge in [0, 0.05) is 12.6 Å². The fraction of sp³-hybridized carbons (Fsp3) is 0.211. The van der Waals surface area contributed by atoms with Gasteiger partial charge in [0.25, 0.3) is 0 Å². The molecule has 0 aliphatic carbocycles. The van der Waals surface area contributed by atoms with E-state index in [-0.39, 0.29) is 17.4 Å². The number of fused-ring (bicyclic) bond motifs is 1. The molecule has 0 aliphatic rings. The Kier molecular flexibility index (Phi) is 5.15. The molecule has 1 heterocycles. The molecule has 0 aliphatic heterocycles. The molecule has 0 spiro atoms. The first-order chi connectivity index (χ1) is 12.1. The molecule has 3 rings (SSSR count). The molecule has 0 fully saturated rings. The van der Waals surface area contributed by atoms with Crippen LogP contribution in [0.4, 0.5) is 13.9 Å². The lowest BCUT2D eigenvalue weighted by atomic mass is 10.1. The Bertz CT molecular complexity index is 933. The Morgan fingerprint density at radius 1 is 1.24 bits per heavy atom. The molecule has 0 saturated carbocycles. The summed E-state index contributed by atoms with van der Waals surface area (Å²) in [4.78, 5) is 6.40. The predicted octanol–water partition coefficient (Wildman–Crippen LogP) is 4.27. The SMILES string of the molecule is C#CCN(CCc1ccc(OC)c(F)c1)c1nc2cc(F)ccc2s1. The van der Waals surface area contributed by atoms with Crippen molar-refractivity contribution in [2.75, 3.05) is 25.1 Å². The van der Waals surface area contributed by atoms with Crippen molar-refractivity contribution in [3.8, 4) is 18.1 Å². The maximum Gasteiger partial charge on any atom is 0.187 e. The fourth-order valence-corrected chi connectivity index (χ4v) is 3.48. The van der Waals surface area contributed by atoms with Gasteiger partial charge in [0.15, 0.2) is 16.7 Å². The maximum atomic E-state index is 13.8. The Morgan fingerprint density at radius 3 is 2.80 bits per heavy atom. The van der Waals surface area contributed by atoms with Crippen LogP contribution in [0.3, 0.4) is 0 Å². The second kappa shape index (κ2) is 7.49. The molecule has 0 amide bonds. The molecule has 6 heteroatoms. The van der Waals surface area contributed by atoms with Gasteiger partial charge in [-0.1, -0.05) is 23.3 Å². The Balaban J connectivity index is 1.78. The van der Waals surface area contributed by atoms with Crippen LogP contribution in [-0.2, 0) is 6.42 Å². The van der Waals surface area contributed by atoms with Gasteiger partial charge in [0.2, 0.25) is 0 Å². The quantitative estimate of drug-likeness (QED) is 0.616. The summed E-state index contributed by atoms with van der Waals surface area (Å²) in [5.74, 6) is 2.12. The molecule has 1 aromatic heterocycles. The van der Waals surface area contributed by atoms with Gasteiger partial charge in [-0.05, 0) is 36.2 Å². The number of methoxy groups -OCH3 is 1. The lowest BCUT2D eigenvalue weighted by molar-refractivity contribution is 0.386. The second-order valence-corrected chi connectivity index (χ2v) is 6.46. The van der Waals surface area contributed by atoms with E-state index in [9.17, 15) is 8.78 Å². The normalized spacial score (nSPS) is 10.6. The molecule has 0 atom stereocenters. The number of aromatic nitrogens is 1. The summed E-state index contributed by atoms with van der Waals surface area (Å²) in [5, 5.41) is 0.729. The van der Waals surface area contributed by atoms with E-state index in [1.807, 2.05) is 11.0 Å². The summed E-state index contributed by atoms with van der Waals surface area (Å²) >= 11 is 1.46. The van der Waals surface area contributed by atoms with Crippen LogP contribution in [-0.4, -0.2) is 25.2 Å². The fourth-order valence-electron chi connectivity index (χ4n) is 2.51. The van der Waals surface area contributed by atoms with Crippen molar-refractivity contribution in [1.82, 2.24) is 4.98 Å². The third kappa shape index (κ3) is 3.89. The molecular formula is C19H16F2N2OS. The van der Waals surface area contributed by atoms with Gasteiger partial charge < -0.3 is 9.64 Å². The van der Waals surface area contributed by atoms with Gasteiger partial charge in [-0.2, -0.15) is 0 Å². The van der Waals surface area contributed by atoms with Crippen LogP contribution in [0, 0.1) is 24.0 Å². The molecule has 0 radical (unpaired) electrons. The standard InChI is InChI=1S/C19H16F2N2OS/c1-3-9-23(10-8-13-4-6-17(24-2)15(21)11-13)19-22-16-12-14(20)5-7-18(16)25-19/h1,4-7,11-12H,8-10H2,2H3. The van der Waals surface area contributed by atoms with Gasteiger partial charge in [-0.25, -0.2) is 13.8 Å². The minimum atomic E-state index is -0.390. The Hall–Kier alpha value is -2.65. The third-order valence-corrected chi connectivity index (χ3v) is 4.87. The van der Waals surface area contributed by atoms with Crippen molar-refractivity contribution in [3.63, 3.8) is 0 Å². The number of anilines is 1. The first-order valence-corrected chi connectivity index (χ1v) is 8.49. The molecule has 0 saturated heterocycles. The van der Waals surface area contributed by atoms with Crippen LogP contribution >= 0.6 is 11.3 Å². The summed E-state index contributed by atoms with van der Waals surface area (Å²) < 4.78 is 33.0. The van der Waals surface area contributed by atoms with Crippen LogP contribution in [0.5, 0.6) is 5.75 Å². The van der Waals surface area contributed by atoms with Crippen molar-refractivity contribution in [3.05, 3.63) is 53.6 Å². The number of ether oxygens (including phenoxy) is 1. The molecule has 3 aromatic rings. The molecule has 0 bridgehead atoms. The first-order valence-electron chi connectivity index (χ1n) is 7.67. The average molecular weight is 358 g/mol. The van der Waals surface area contributed by atoms with Crippen LogP contribution in [0.15, 0.2) is 36.4 Å². The topological polar surface area (TPSA) is 25.4 Å². The van der Waals surface area contributed by atoms with Crippen LogP contribution < -0.4 is 9.64 Å². The number of hydrogen-bond donors (Lipinski definition) is 0. The molecular weight excluding hydrogens is 342 g/mol. The van der Waals surface area contributed by atoms with Crippen molar-refractivity contribution < 1.29 is 13.5 Å². The third-order valence-electron chi connectivity index (χ3n) is 3.78. The Labute approximate surface area is 148 Å². The highest BCUT2D eigenvalue weighted by atomic mass is 32.1. The zero-order chi connectivity index (χ0) is 17.8. The zero-order valence-electron chi connectivity index (χ0n) is 13.6. The number of thiazole rings is 1. The number of rotatable bonds is 6. The van der Waals surface area contributed by atoms with Crippen molar-refractivity contribution in [2.45, 2.75) is 6.42 Å². The van der Waals surface area contributed by atoms with E-state index in [0.29, 0.717) is 25.0 Å². The lowest BCUT2D eigenvalue weighted by Crippen LogP contribution is -2.26. The molecule has 0 N–H and O–H groups in total. The monoisotopic (exact) mass is 358 g/mol. The summed E-state index contributed by atoms with van der Waals surface area (Å²) in [6.07, 6.45) is 6.07. The predicted molar refractivity (Wildman–Crippen MR) is 97.3 cm³/mol. The Morgan fingerprint density at radius 2 is 2.08 bits per heavy atom. The molecule has 2 aromatic carbocycles. The van der Waals surface area contributed by atoms with Gasteiger partial charge >= 0.3 is 0 Å². The highest BCUT2D eigenvalue weighted by molar-refractivity contribution is 7.22. The zero-order valence-corrected chi connectivity index (χ0v) is 14.4. The maximum absolute atomic E-state index is 13.8. The van der Waals surface area contributed by atoms with Crippen LogP contribution in [0.25, 0.3) is 10.2 Å². The van der Waals surface area contributed by atoms with Crippen LogP contribution in [0.2, 0.25) is 0 Å². The molecule has 128 valence electrons. The number of halogens is 2. The van der Waals surface area contributed by atoms with Crippen molar-refractivity contribution in [1.29, 1.82) is 0 Å². The summed E-state index contributed by atoms with van der Waals surface area (Å²) in [5.41, 5.74) is 1.45. The van der Waals surface area contributed by atoms with Gasteiger partial charge in [-0.15, -0.1) is 6.42 Å². The minimum absolute atomic E-state index is 0.220. The number of benzene rings is 2. The minimum Gasteiger partial charge on any atom is -0.494 e. The lowest BCUT2D eigenvalue weighted by Gasteiger charge is -2.19. The largest absolute Gasteiger partial charge is 0.494 e. The first kappa shape index (κ1) is 17.2. The average Bonchev–Trinajstić information content (AvgIpc) is 3.01. The molecule has 0 unspecified atom stereocenters. The van der Waals surface area contributed by atoms with Crippen molar-refractivity contribution in [2.24, 2.45) is 0 Å². The summed E-state index contributed by atoms with van der Waals surface area (Å²) in [7, 11) is 1.43.